The van der Waals surface area contributed by atoms with Crippen molar-refractivity contribution in [2.24, 2.45) is 11.8 Å². The first kappa shape index (κ1) is 24.2. The predicted molar refractivity (Wildman–Crippen MR) is 138 cm³/mol. The van der Waals surface area contributed by atoms with Crippen molar-refractivity contribution in [2.75, 3.05) is 18.1 Å². The van der Waals surface area contributed by atoms with E-state index in [0.717, 1.165) is 29.4 Å². The number of halogens is 1. The van der Waals surface area contributed by atoms with Crippen molar-refractivity contribution in [2.45, 2.75) is 38.8 Å². The smallest absolute Gasteiger partial charge is 0.287 e. The van der Waals surface area contributed by atoms with E-state index in [4.69, 9.17) is 9.47 Å². The van der Waals surface area contributed by atoms with E-state index in [1.54, 1.807) is 7.11 Å². The van der Waals surface area contributed by atoms with Gasteiger partial charge in [-0.3, -0.25) is 9.59 Å². The number of hydrogen-bond donors (Lipinski definition) is 2. The summed E-state index contributed by atoms with van der Waals surface area (Å²) in [5.41, 5.74) is 1.41. The molecule has 7 nitrogen and oxygen atoms in total. The fourth-order valence-corrected chi connectivity index (χ4v) is 5.96. The molecule has 1 aliphatic rings. The summed E-state index contributed by atoms with van der Waals surface area (Å²) in [6, 6.07) is 7.44. The van der Waals surface area contributed by atoms with Crippen molar-refractivity contribution in [1.82, 2.24) is 15.3 Å². The zero-order valence-corrected chi connectivity index (χ0v) is 21.5. The summed E-state index contributed by atoms with van der Waals surface area (Å²) >= 11 is 3.84. The van der Waals surface area contributed by atoms with Crippen LogP contribution in [0, 0.1) is 11.8 Å². The summed E-state index contributed by atoms with van der Waals surface area (Å²) in [6.45, 7) is 1.42. The summed E-state index contributed by atoms with van der Waals surface area (Å²) in [5.74, 6) is 1.76. The highest BCUT2D eigenvalue weighted by Gasteiger charge is 2.21. The Bertz CT molecular complexity index is 1150. The number of alkyl halides is 1. The summed E-state index contributed by atoms with van der Waals surface area (Å²) in [5, 5.41) is 5.21. The monoisotopic (exact) mass is 581 g/mol. The van der Waals surface area contributed by atoms with Crippen LogP contribution in [-0.2, 0) is 17.9 Å². The van der Waals surface area contributed by atoms with Crippen LogP contribution in [0.3, 0.4) is 0 Å². The van der Waals surface area contributed by atoms with Crippen LogP contribution in [0.15, 0.2) is 34.4 Å². The molecule has 0 bridgehead atoms. The molecule has 33 heavy (non-hydrogen) atoms. The molecule has 0 unspecified atom stereocenters. The minimum Gasteiger partial charge on any atom is -0.497 e. The molecule has 0 aliphatic heterocycles. The van der Waals surface area contributed by atoms with Crippen LogP contribution in [-0.4, -0.2) is 34.0 Å². The van der Waals surface area contributed by atoms with Crippen molar-refractivity contribution < 1.29 is 14.3 Å². The molecule has 3 aromatic rings. The fourth-order valence-electron chi connectivity index (χ4n) is 4.16. The number of ether oxygens (including phenoxy) is 2. The molecule has 1 saturated carbocycles. The number of methoxy groups -OCH3 is 1. The Kier molecular flexibility index (Phi) is 8.37. The molecular weight excluding hydrogens is 553 g/mol. The molecule has 2 N–H and O–H groups in total. The minimum absolute atomic E-state index is 0.0109. The van der Waals surface area contributed by atoms with Crippen LogP contribution >= 0.6 is 33.9 Å². The highest BCUT2D eigenvalue weighted by atomic mass is 127. The van der Waals surface area contributed by atoms with Crippen LogP contribution in [0.25, 0.3) is 10.2 Å². The number of aromatic amines is 1. The molecule has 0 radical (unpaired) electrons. The van der Waals surface area contributed by atoms with Gasteiger partial charge in [-0.05, 0) is 60.6 Å². The number of carbonyl (C=O) groups excluding carboxylic acids is 1. The molecule has 4 rings (SSSR count). The molecule has 176 valence electrons. The Labute approximate surface area is 210 Å². The number of thiophene rings is 1. The highest BCUT2D eigenvalue weighted by Crippen LogP contribution is 2.30. The van der Waals surface area contributed by atoms with E-state index < -0.39 is 5.91 Å². The van der Waals surface area contributed by atoms with E-state index in [2.05, 4.69) is 37.9 Å². The van der Waals surface area contributed by atoms with E-state index in [9.17, 15) is 9.59 Å². The third kappa shape index (κ3) is 6.13. The van der Waals surface area contributed by atoms with Crippen LogP contribution < -0.4 is 15.6 Å². The van der Waals surface area contributed by atoms with E-state index in [1.807, 2.05) is 29.6 Å². The maximum Gasteiger partial charge on any atom is 0.287 e. The van der Waals surface area contributed by atoms with Crippen molar-refractivity contribution in [3.05, 3.63) is 57.0 Å². The summed E-state index contributed by atoms with van der Waals surface area (Å²) in [6.07, 6.45) is 5.00. The van der Waals surface area contributed by atoms with E-state index in [-0.39, 0.29) is 11.4 Å². The normalized spacial score (nSPS) is 18.4. The van der Waals surface area contributed by atoms with Gasteiger partial charge in [-0.2, -0.15) is 0 Å². The average Bonchev–Trinajstić information content (AvgIpc) is 3.26. The molecule has 0 atom stereocenters. The number of carbonyl (C=O) groups is 1. The summed E-state index contributed by atoms with van der Waals surface area (Å²) in [4.78, 5) is 32.9. The van der Waals surface area contributed by atoms with E-state index in [0.29, 0.717) is 29.3 Å². The zero-order valence-electron chi connectivity index (χ0n) is 18.6. The second-order valence-corrected chi connectivity index (χ2v) is 10.2. The fraction of sp³-hybridized carbons (Fsp3) is 0.458. The van der Waals surface area contributed by atoms with Gasteiger partial charge in [-0.15, -0.1) is 11.3 Å². The van der Waals surface area contributed by atoms with Gasteiger partial charge in [0.15, 0.2) is 0 Å². The second kappa shape index (κ2) is 11.4. The van der Waals surface area contributed by atoms with Crippen LogP contribution in [0.4, 0.5) is 0 Å². The quantitative estimate of drug-likeness (QED) is 0.283. The SMILES string of the molecule is COc1cccc(CNC(=O)c2nc3scc(COCC4CCC(CI)CC4)c3c(=O)[nH]2)c1. The average molecular weight is 581 g/mol. The first-order valence-corrected chi connectivity index (χ1v) is 13.5. The Hall–Kier alpha value is -1.98. The first-order valence-electron chi connectivity index (χ1n) is 11.1. The number of aromatic nitrogens is 2. The van der Waals surface area contributed by atoms with Crippen molar-refractivity contribution >= 4 is 50.1 Å². The second-order valence-electron chi connectivity index (χ2n) is 8.45. The van der Waals surface area contributed by atoms with Gasteiger partial charge >= 0.3 is 0 Å². The van der Waals surface area contributed by atoms with Gasteiger partial charge in [0.1, 0.15) is 10.6 Å². The number of nitrogens with zero attached hydrogens (tertiary/aromatic N) is 1. The van der Waals surface area contributed by atoms with Crippen molar-refractivity contribution in [1.29, 1.82) is 0 Å². The molecule has 2 heterocycles. The Balaban J connectivity index is 1.36. The van der Waals surface area contributed by atoms with Gasteiger partial charge in [0, 0.05) is 23.1 Å². The maximum atomic E-state index is 12.7. The summed E-state index contributed by atoms with van der Waals surface area (Å²) < 4.78 is 12.4. The van der Waals surface area contributed by atoms with Gasteiger partial charge in [0.2, 0.25) is 5.82 Å². The molecule has 1 aromatic carbocycles. The van der Waals surface area contributed by atoms with Gasteiger partial charge in [-0.1, -0.05) is 34.7 Å². The number of hydrogen-bond acceptors (Lipinski definition) is 6. The Morgan fingerprint density at radius 2 is 2.06 bits per heavy atom. The minimum atomic E-state index is -0.426. The van der Waals surface area contributed by atoms with Crippen molar-refractivity contribution in [3.63, 3.8) is 0 Å². The van der Waals surface area contributed by atoms with Gasteiger partial charge in [0.25, 0.3) is 11.5 Å². The summed E-state index contributed by atoms with van der Waals surface area (Å²) in [7, 11) is 1.60. The predicted octanol–water partition coefficient (Wildman–Crippen LogP) is 4.68. The van der Waals surface area contributed by atoms with Gasteiger partial charge in [-0.25, -0.2) is 4.98 Å². The number of fused-ring (bicyclic) bond motifs is 1. The largest absolute Gasteiger partial charge is 0.497 e. The van der Waals surface area contributed by atoms with E-state index >= 15 is 0 Å². The number of H-pyrrole nitrogens is 1. The zero-order chi connectivity index (χ0) is 23.2. The molecule has 9 heteroatoms. The molecular formula is C24H28IN3O4S. The lowest BCUT2D eigenvalue weighted by molar-refractivity contribution is 0.0695. The maximum absolute atomic E-state index is 12.7. The molecule has 2 aromatic heterocycles. The van der Waals surface area contributed by atoms with Crippen LogP contribution in [0.5, 0.6) is 5.75 Å². The first-order chi connectivity index (χ1) is 16.1. The Morgan fingerprint density at radius 3 is 2.82 bits per heavy atom. The van der Waals surface area contributed by atoms with E-state index in [1.165, 1.54) is 41.4 Å². The number of amides is 1. The molecule has 1 fully saturated rings. The van der Waals surface area contributed by atoms with Gasteiger partial charge < -0.3 is 19.8 Å². The number of rotatable bonds is 9. The lowest BCUT2D eigenvalue weighted by Gasteiger charge is -2.27. The third-order valence-electron chi connectivity index (χ3n) is 6.12. The topological polar surface area (TPSA) is 93.3 Å². The Morgan fingerprint density at radius 1 is 1.27 bits per heavy atom. The molecule has 1 aliphatic carbocycles. The lowest BCUT2D eigenvalue weighted by Crippen LogP contribution is -2.27. The van der Waals surface area contributed by atoms with Crippen LogP contribution in [0.1, 0.15) is 47.4 Å². The molecule has 0 saturated heterocycles. The van der Waals surface area contributed by atoms with Gasteiger partial charge in [0.05, 0.1) is 19.1 Å². The van der Waals surface area contributed by atoms with Crippen molar-refractivity contribution in [3.8, 4) is 5.75 Å². The molecule has 0 spiro atoms. The number of nitrogens with one attached hydrogen (secondary N) is 2. The number of benzene rings is 1. The lowest BCUT2D eigenvalue weighted by atomic mass is 9.83. The standard InChI is InChI=1S/C24H28IN3O4S/c1-31-19-4-2-3-17(9-19)11-26-23(30)21-27-22(29)20-18(14-33-24(20)28-21)13-32-12-16-7-5-15(10-25)6-8-16/h2-4,9,14-16H,5-8,10-13H2,1H3,(H,26,30)(H,27,28,29). The molecule has 1 amide bonds. The highest BCUT2D eigenvalue weighted by molar-refractivity contribution is 14.1. The van der Waals surface area contributed by atoms with Crippen LogP contribution in [0.2, 0.25) is 0 Å². The third-order valence-corrected chi connectivity index (χ3v) is 8.28.